The SMILES string of the molecule is O=[N+]([O-])c1ccc(NCCC2CCC2)c2cnccc12. The normalized spacial score (nSPS) is 15.0. The van der Waals surface area contributed by atoms with Gasteiger partial charge in [-0.1, -0.05) is 19.3 Å². The fraction of sp³-hybridized carbons (Fsp3) is 0.400. The van der Waals surface area contributed by atoms with E-state index in [9.17, 15) is 10.1 Å². The molecule has 0 bridgehead atoms. The standard InChI is InChI=1S/C15H17N3O2/c19-18(20)15-5-4-14(13-10-16-8-7-12(13)15)17-9-6-11-2-1-3-11/h4-5,7-8,10-11,17H,1-3,6,9H2. The second-order valence-corrected chi connectivity index (χ2v) is 5.32. The number of hydrogen-bond acceptors (Lipinski definition) is 4. The summed E-state index contributed by atoms with van der Waals surface area (Å²) in [5.74, 6) is 0.852. The van der Waals surface area contributed by atoms with Gasteiger partial charge in [-0.25, -0.2) is 0 Å². The number of fused-ring (bicyclic) bond motifs is 1. The predicted octanol–water partition coefficient (Wildman–Crippen LogP) is 3.75. The predicted molar refractivity (Wildman–Crippen MR) is 78.8 cm³/mol. The van der Waals surface area contributed by atoms with Crippen LogP contribution in [0.5, 0.6) is 0 Å². The quantitative estimate of drug-likeness (QED) is 0.664. The Morgan fingerprint density at radius 1 is 1.30 bits per heavy atom. The molecular formula is C15H17N3O2. The zero-order valence-corrected chi connectivity index (χ0v) is 11.2. The molecule has 0 saturated heterocycles. The van der Waals surface area contributed by atoms with Gasteiger partial charge in [-0.15, -0.1) is 0 Å². The van der Waals surface area contributed by atoms with E-state index in [-0.39, 0.29) is 10.6 Å². The van der Waals surface area contributed by atoms with Gasteiger partial charge in [0, 0.05) is 36.1 Å². The van der Waals surface area contributed by atoms with Gasteiger partial charge in [0.05, 0.1) is 10.3 Å². The summed E-state index contributed by atoms with van der Waals surface area (Å²) in [5, 5.41) is 15.9. The van der Waals surface area contributed by atoms with Crippen LogP contribution in [0.25, 0.3) is 10.8 Å². The number of nitrogens with one attached hydrogen (secondary N) is 1. The molecular weight excluding hydrogens is 254 g/mol. The van der Waals surface area contributed by atoms with E-state index in [1.807, 2.05) is 0 Å². The fourth-order valence-corrected chi connectivity index (χ4v) is 2.68. The molecule has 0 amide bonds. The van der Waals surface area contributed by atoms with Crippen LogP contribution in [0.1, 0.15) is 25.7 Å². The van der Waals surface area contributed by atoms with Gasteiger partial charge in [0.2, 0.25) is 0 Å². The van der Waals surface area contributed by atoms with E-state index in [2.05, 4.69) is 10.3 Å². The van der Waals surface area contributed by atoms with Gasteiger partial charge in [-0.3, -0.25) is 15.1 Å². The first kappa shape index (κ1) is 12.8. The molecule has 1 heterocycles. The van der Waals surface area contributed by atoms with Crippen molar-refractivity contribution < 1.29 is 4.92 Å². The number of nitro groups is 1. The molecule has 0 radical (unpaired) electrons. The van der Waals surface area contributed by atoms with Crippen molar-refractivity contribution >= 4 is 22.1 Å². The molecule has 20 heavy (non-hydrogen) atoms. The topological polar surface area (TPSA) is 68.1 Å². The number of benzene rings is 1. The van der Waals surface area contributed by atoms with Crippen molar-refractivity contribution in [3.63, 3.8) is 0 Å². The second kappa shape index (κ2) is 5.45. The van der Waals surface area contributed by atoms with Gasteiger partial charge in [-0.05, 0) is 24.5 Å². The summed E-state index contributed by atoms with van der Waals surface area (Å²) in [4.78, 5) is 14.8. The first-order valence-electron chi connectivity index (χ1n) is 7.00. The minimum atomic E-state index is -0.347. The smallest absolute Gasteiger partial charge is 0.277 e. The highest BCUT2D eigenvalue weighted by Gasteiger charge is 2.17. The molecule has 3 rings (SSSR count). The molecule has 1 aromatic heterocycles. The van der Waals surface area contributed by atoms with Crippen molar-refractivity contribution in [2.75, 3.05) is 11.9 Å². The molecule has 104 valence electrons. The minimum absolute atomic E-state index is 0.131. The van der Waals surface area contributed by atoms with Gasteiger partial charge in [0.15, 0.2) is 0 Å². The lowest BCUT2D eigenvalue weighted by Gasteiger charge is -2.25. The molecule has 0 aliphatic heterocycles. The number of anilines is 1. The van der Waals surface area contributed by atoms with Crippen LogP contribution in [0, 0.1) is 16.0 Å². The second-order valence-electron chi connectivity index (χ2n) is 5.32. The summed E-state index contributed by atoms with van der Waals surface area (Å²) in [5.41, 5.74) is 1.06. The summed E-state index contributed by atoms with van der Waals surface area (Å²) < 4.78 is 0. The largest absolute Gasteiger partial charge is 0.384 e. The van der Waals surface area contributed by atoms with Crippen LogP contribution < -0.4 is 5.32 Å². The monoisotopic (exact) mass is 271 g/mol. The Labute approximate surface area is 117 Å². The highest BCUT2D eigenvalue weighted by atomic mass is 16.6. The van der Waals surface area contributed by atoms with Crippen molar-refractivity contribution in [2.45, 2.75) is 25.7 Å². The Bertz CT molecular complexity index is 638. The number of nitro benzene ring substituents is 1. The van der Waals surface area contributed by atoms with Gasteiger partial charge >= 0.3 is 0 Å². The summed E-state index contributed by atoms with van der Waals surface area (Å²) in [7, 11) is 0. The van der Waals surface area contributed by atoms with Crippen LogP contribution in [0.4, 0.5) is 11.4 Å². The van der Waals surface area contributed by atoms with E-state index in [0.29, 0.717) is 5.39 Å². The first-order valence-corrected chi connectivity index (χ1v) is 7.00. The van der Waals surface area contributed by atoms with Gasteiger partial charge in [0.1, 0.15) is 0 Å². The van der Waals surface area contributed by atoms with Crippen molar-refractivity contribution in [1.29, 1.82) is 0 Å². The van der Waals surface area contributed by atoms with E-state index in [1.54, 1.807) is 30.6 Å². The lowest BCUT2D eigenvalue weighted by atomic mass is 9.83. The summed E-state index contributed by atoms with van der Waals surface area (Å²) >= 11 is 0. The van der Waals surface area contributed by atoms with Gasteiger partial charge < -0.3 is 5.32 Å². The zero-order valence-electron chi connectivity index (χ0n) is 11.2. The lowest BCUT2D eigenvalue weighted by molar-refractivity contribution is -0.383. The average Bonchev–Trinajstić information content (AvgIpc) is 2.41. The molecule has 1 N–H and O–H groups in total. The number of aromatic nitrogens is 1. The van der Waals surface area contributed by atoms with E-state index in [0.717, 1.165) is 23.5 Å². The molecule has 0 atom stereocenters. The molecule has 1 saturated carbocycles. The Morgan fingerprint density at radius 2 is 2.15 bits per heavy atom. The van der Waals surface area contributed by atoms with Gasteiger partial charge in [0.25, 0.3) is 5.69 Å². The molecule has 2 aromatic rings. The Morgan fingerprint density at radius 3 is 2.85 bits per heavy atom. The third kappa shape index (κ3) is 2.43. The maximum absolute atomic E-state index is 11.0. The molecule has 1 aromatic carbocycles. The number of non-ortho nitro benzene ring substituents is 1. The molecule has 1 aliphatic rings. The zero-order chi connectivity index (χ0) is 13.9. The maximum atomic E-state index is 11.0. The number of hydrogen-bond donors (Lipinski definition) is 1. The third-order valence-corrected chi connectivity index (χ3v) is 4.08. The van der Waals surface area contributed by atoms with Crippen LogP contribution in [0.3, 0.4) is 0 Å². The molecule has 5 nitrogen and oxygen atoms in total. The minimum Gasteiger partial charge on any atom is -0.384 e. The summed E-state index contributed by atoms with van der Waals surface area (Å²) in [6.45, 7) is 0.909. The third-order valence-electron chi connectivity index (χ3n) is 4.08. The van der Waals surface area contributed by atoms with Crippen LogP contribution in [0.15, 0.2) is 30.6 Å². The Hall–Kier alpha value is -2.17. The van der Waals surface area contributed by atoms with Crippen LogP contribution in [-0.2, 0) is 0 Å². The van der Waals surface area contributed by atoms with Crippen molar-refractivity contribution in [3.05, 3.63) is 40.7 Å². The van der Waals surface area contributed by atoms with E-state index in [4.69, 9.17) is 0 Å². The maximum Gasteiger partial charge on any atom is 0.277 e. The number of rotatable bonds is 5. The molecule has 1 aliphatic carbocycles. The molecule has 0 spiro atoms. The Kier molecular flexibility index (Phi) is 3.50. The van der Waals surface area contributed by atoms with E-state index < -0.39 is 0 Å². The summed E-state index contributed by atoms with van der Waals surface area (Å²) in [6.07, 6.45) is 8.48. The van der Waals surface area contributed by atoms with E-state index in [1.165, 1.54) is 25.7 Å². The van der Waals surface area contributed by atoms with Crippen molar-refractivity contribution in [3.8, 4) is 0 Å². The highest BCUT2D eigenvalue weighted by Crippen LogP contribution is 2.32. The fourth-order valence-electron chi connectivity index (χ4n) is 2.68. The van der Waals surface area contributed by atoms with Crippen LogP contribution in [-0.4, -0.2) is 16.5 Å². The van der Waals surface area contributed by atoms with Crippen LogP contribution >= 0.6 is 0 Å². The number of nitrogens with zero attached hydrogens (tertiary/aromatic N) is 2. The average molecular weight is 271 g/mol. The molecule has 5 heteroatoms. The lowest BCUT2D eigenvalue weighted by Crippen LogP contribution is -2.15. The van der Waals surface area contributed by atoms with Gasteiger partial charge in [-0.2, -0.15) is 0 Å². The molecule has 1 fully saturated rings. The van der Waals surface area contributed by atoms with E-state index >= 15 is 0 Å². The van der Waals surface area contributed by atoms with Crippen LogP contribution in [0.2, 0.25) is 0 Å². The first-order chi connectivity index (χ1) is 9.75. The highest BCUT2D eigenvalue weighted by molar-refractivity contribution is 5.99. The number of pyridine rings is 1. The van der Waals surface area contributed by atoms with Crippen molar-refractivity contribution in [2.24, 2.45) is 5.92 Å². The van der Waals surface area contributed by atoms with Crippen molar-refractivity contribution in [1.82, 2.24) is 4.98 Å². The Balaban J connectivity index is 1.83. The summed E-state index contributed by atoms with van der Waals surface area (Å²) in [6, 6.07) is 5.04. The molecule has 0 unspecified atom stereocenters.